The van der Waals surface area contributed by atoms with E-state index in [1.807, 2.05) is 13.8 Å². The molecule has 0 amide bonds. The number of rotatable bonds is 6. The molecule has 0 spiro atoms. The summed E-state index contributed by atoms with van der Waals surface area (Å²) in [6.07, 6.45) is 2.25. The molecular formula is C23H31NO3S2. The average Bonchev–Trinajstić information content (AvgIpc) is 3.02. The van der Waals surface area contributed by atoms with E-state index in [2.05, 4.69) is 39.1 Å². The summed E-state index contributed by atoms with van der Waals surface area (Å²) in [7, 11) is 0. The van der Waals surface area contributed by atoms with Gasteiger partial charge in [0, 0.05) is 28.3 Å². The summed E-state index contributed by atoms with van der Waals surface area (Å²) in [6, 6.07) is 2.20. The molecule has 29 heavy (non-hydrogen) atoms. The smallest absolute Gasteiger partial charge is 0.336 e. The van der Waals surface area contributed by atoms with Crippen LogP contribution in [0.1, 0.15) is 70.7 Å². The summed E-state index contributed by atoms with van der Waals surface area (Å²) in [5.74, 6) is 0.411. The summed E-state index contributed by atoms with van der Waals surface area (Å²) in [5, 5.41) is 3.40. The molecule has 6 heteroatoms. The zero-order valence-corrected chi connectivity index (χ0v) is 19.9. The van der Waals surface area contributed by atoms with Crippen LogP contribution in [0.25, 0.3) is 0 Å². The Morgan fingerprint density at radius 3 is 2.66 bits per heavy atom. The normalized spacial score (nSPS) is 21.2. The topological polar surface area (TPSA) is 55.4 Å². The molecule has 3 rings (SSSR count). The molecule has 4 nitrogen and oxygen atoms in total. The lowest BCUT2D eigenvalue weighted by Gasteiger charge is -2.39. The number of allylic oxidation sites excluding steroid dienone is 3. The van der Waals surface area contributed by atoms with Crippen molar-refractivity contribution in [3.63, 3.8) is 0 Å². The van der Waals surface area contributed by atoms with Crippen LogP contribution in [-0.2, 0) is 20.7 Å². The zero-order chi connectivity index (χ0) is 21.3. The molecule has 1 unspecified atom stereocenters. The van der Waals surface area contributed by atoms with E-state index in [0.717, 1.165) is 41.1 Å². The van der Waals surface area contributed by atoms with Crippen LogP contribution in [-0.4, -0.2) is 24.1 Å². The van der Waals surface area contributed by atoms with Crippen molar-refractivity contribution in [2.24, 2.45) is 5.41 Å². The molecule has 0 saturated carbocycles. The number of dihydropyridines is 1. The van der Waals surface area contributed by atoms with Gasteiger partial charge in [-0.2, -0.15) is 0 Å². The summed E-state index contributed by atoms with van der Waals surface area (Å²) in [6.45, 7) is 12.6. The number of hydrogen-bond acceptors (Lipinski definition) is 6. The lowest BCUT2D eigenvalue weighted by atomic mass is 9.69. The number of carbonyl (C=O) groups excluding carboxylic acids is 2. The number of Topliss-reactive ketones (excluding diaryl/α,β-unsaturated/α-hetero) is 1. The van der Waals surface area contributed by atoms with Crippen molar-refractivity contribution in [3.05, 3.63) is 39.0 Å². The number of carbonyl (C=O) groups is 2. The van der Waals surface area contributed by atoms with Gasteiger partial charge in [0.15, 0.2) is 5.78 Å². The van der Waals surface area contributed by atoms with Gasteiger partial charge in [-0.15, -0.1) is 23.1 Å². The molecule has 1 aliphatic heterocycles. The minimum atomic E-state index is -0.348. The zero-order valence-electron chi connectivity index (χ0n) is 18.2. The van der Waals surface area contributed by atoms with Gasteiger partial charge >= 0.3 is 5.97 Å². The van der Waals surface area contributed by atoms with Crippen LogP contribution in [0.2, 0.25) is 0 Å². The molecule has 1 aromatic heterocycles. The van der Waals surface area contributed by atoms with E-state index in [-0.39, 0.29) is 23.1 Å². The first kappa shape index (κ1) is 22.2. The van der Waals surface area contributed by atoms with E-state index in [4.69, 9.17) is 4.74 Å². The molecule has 1 N–H and O–H groups in total. The molecule has 1 aliphatic carbocycles. The van der Waals surface area contributed by atoms with Gasteiger partial charge in [-0.1, -0.05) is 27.7 Å². The highest BCUT2D eigenvalue weighted by atomic mass is 32.2. The van der Waals surface area contributed by atoms with Crippen LogP contribution in [0, 0.1) is 5.41 Å². The summed E-state index contributed by atoms with van der Waals surface area (Å²) >= 11 is 3.57. The van der Waals surface area contributed by atoms with Crippen molar-refractivity contribution < 1.29 is 14.3 Å². The van der Waals surface area contributed by atoms with Crippen LogP contribution < -0.4 is 5.32 Å². The fourth-order valence-corrected chi connectivity index (χ4v) is 6.66. The number of esters is 1. The highest BCUT2D eigenvalue weighted by molar-refractivity contribution is 8.01. The largest absolute Gasteiger partial charge is 0.463 e. The summed E-state index contributed by atoms with van der Waals surface area (Å²) in [4.78, 5) is 27.6. The van der Waals surface area contributed by atoms with Gasteiger partial charge in [-0.25, -0.2) is 4.79 Å². The monoisotopic (exact) mass is 433 g/mol. The Hall–Kier alpha value is -1.53. The van der Waals surface area contributed by atoms with Crippen molar-refractivity contribution in [2.45, 2.75) is 70.9 Å². The lowest BCUT2D eigenvalue weighted by Crippen LogP contribution is -2.38. The summed E-state index contributed by atoms with van der Waals surface area (Å²) in [5.41, 5.74) is 4.11. The third kappa shape index (κ3) is 4.33. The van der Waals surface area contributed by atoms with Crippen LogP contribution in [0.3, 0.4) is 0 Å². The first-order chi connectivity index (χ1) is 13.7. The van der Waals surface area contributed by atoms with Crippen LogP contribution >= 0.6 is 23.1 Å². The number of thiophene rings is 1. The number of aryl methyl sites for hydroxylation is 1. The van der Waals surface area contributed by atoms with Crippen molar-refractivity contribution in [3.8, 4) is 0 Å². The first-order valence-electron chi connectivity index (χ1n) is 10.4. The molecule has 0 radical (unpaired) electrons. The Kier molecular flexibility index (Phi) is 6.64. The quantitative estimate of drug-likeness (QED) is 0.468. The van der Waals surface area contributed by atoms with E-state index in [1.165, 1.54) is 9.09 Å². The van der Waals surface area contributed by atoms with Gasteiger partial charge in [0.1, 0.15) is 0 Å². The molecule has 2 aliphatic rings. The lowest BCUT2D eigenvalue weighted by molar-refractivity contribution is -0.138. The van der Waals surface area contributed by atoms with E-state index in [9.17, 15) is 9.59 Å². The van der Waals surface area contributed by atoms with Gasteiger partial charge in [0.25, 0.3) is 0 Å². The first-order valence-corrected chi connectivity index (χ1v) is 12.2. The van der Waals surface area contributed by atoms with Gasteiger partial charge in [0.05, 0.1) is 22.3 Å². The van der Waals surface area contributed by atoms with Gasteiger partial charge in [-0.3, -0.25) is 4.79 Å². The predicted octanol–water partition coefficient (Wildman–Crippen LogP) is 5.59. The highest BCUT2D eigenvalue weighted by Gasteiger charge is 2.44. The van der Waals surface area contributed by atoms with E-state index in [0.29, 0.717) is 18.6 Å². The van der Waals surface area contributed by atoms with Crippen LogP contribution in [0.15, 0.2) is 32.8 Å². The van der Waals surface area contributed by atoms with Crippen LogP contribution in [0.5, 0.6) is 0 Å². The number of hydrogen-bond donors (Lipinski definition) is 1. The molecule has 158 valence electrons. The van der Waals surface area contributed by atoms with E-state index >= 15 is 0 Å². The molecule has 1 aromatic rings. The SMILES string of the molecule is CCOC(=O)C1=C(C)NC2=C(C(=O)CC(C)(C)C2)C1c1cc(CC)sc1SCC. The molecule has 0 saturated heterocycles. The molecule has 1 atom stereocenters. The molecular weight excluding hydrogens is 402 g/mol. The van der Waals surface area contributed by atoms with Gasteiger partial charge in [-0.05, 0) is 49.5 Å². The molecule has 0 aromatic carbocycles. The second-order valence-electron chi connectivity index (χ2n) is 8.39. The second kappa shape index (κ2) is 8.68. The molecule has 0 fully saturated rings. The van der Waals surface area contributed by atoms with E-state index in [1.54, 1.807) is 23.1 Å². The van der Waals surface area contributed by atoms with Crippen molar-refractivity contribution >= 4 is 34.9 Å². The fourth-order valence-electron chi connectivity index (χ4n) is 4.29. The fraction of sp³-hybridized carbons (Fsp3) is 0.565. The summed E-state index contributed by atoms with van der Waals surface area (Å²) < 4.78 is 6.62. The van der Waals surface area contributed by atoms with Crippen molar-refractivity contribution in [2.75, 3.05) is 12.4 Å². The standard InChI is InChI=1S/C23H31NO3S2/c1-7-14-10-15(22(29-14)28-9-3)19-18(21(26)27-8-2)13(4)24-16-11-23(5,6)12-17(25)20(16)19/h10,19,24H,7-9,11-12H2,1-6H3. The maximum Gasteiger partial charge on any atom is 0.336 e. The minimum absolute atomic E-state index is 0.0839. The Labute approximate surface area is 182 Å². The van der Waals surface area contributed by atoms with Gasteiger partial charge in [0.2, 0.25) is 0 Å². The van der Waals surface area contributed by atoms with E-state index < -0.39 is 0 Å². The van der Waals surface area contributed by atoms with Crippen LogP contribution in [0.4, 0.5) is 0 Å². The number of ketones is 1. The molecule has 2 heterocycles. The Bertz CT molecular complexity index is 892. The second-order valence-corrected chi connectivity index (χ2v) is 11.1. The number of nitrogens with one attached hydrogen (secondary N) is 1. The van der Waals surface area contributed by atoms with Crippen molar-refractivity contribution in [1.29, 1.82) is 0 Å². The predicted molar refractivity (Wildman–Crippen MR) is 120 cm³/mol. The average molecular weight is 434 g/mol. The van der Waals surface area contributed by atoms with Gasteiger partial charge < -0.3 is 10.1 Å². The Morgan fingerprint density at radius 2 is 2.03 bits per heavy atom. The highest BCUT2D eigenvalue weighted by Crippen LogP contribution is 2.50. The van der Waals surface area contributed by atoms with Crippen molar-refractivity contribution in [1.82, 2.24) is 5.32 Å². The third-order valence-electron chi connectivity index (χ3n) is 5.45. The molecule has 0 bridgehead atoms. The number of ether oxygens (including phenoxy) is 1. The maximum atomic E-state index is 13.3. The Balaban J connectivity index is 2.22. The Morgan fingerprint density at radius 1 is 1.31 bits per heavy atom. The number of thioether (sulfide) groups is 1. The maximum absolute atomic E-state index is 13.3. The minimum Gasteiger partial charge on any atom is -0.463 e. The third-order valence-corrected chi connectivity index (χ3v) is 7.93.